The summed E-state index contributed by atoms with van der Waals surface area (Å²) in [6, 6.07) is 13.6. The van der Waals surface area contributed by atoms with E-state index < -0.39 is 0 Å². The van der Waals surface area contributed by atoms with Crippen molar-refractivity contribution in [1.29, 1.82) is 0 Å². The highest BCUT2D eigenvalue weighted by Crippen LogP contribution is 2.28. The molecule has 4 heteroatoms. The molecule has 0 saturated carbocycles. The van der Waals surface area contributed by atoms with Gasteiger partial charge < -0.3 is 14.8 Å². The molecular weight excluding hydrogens is 326 g/mol. The Morgan fingerprint density at radius 2 is 1.81 bits per heavy atom. The summed E-state index contributed by atoms with van der Waals surface area (Å²) in [5.41, 5.74) is 2.63. The second-order valence-corrected chi connectivity index (χ2v) is 6.79. The molecule has 4 nitrogen and oxygen atoms in total. The van der Waals surface area contributed by atoms with Crippen molar-refractivity contribution in [3.05, 3.63) is 59.2 Å². The Balaban J connectivity index is 2.20. The lowest BCUT2D eigenvalue weighted by Gasteiger charge is -2.16. The van der Waals surface area contributed by atoms with E-state index in [1.807, 2.05) is 44.2 Å². The fraction of sp³-hybridized carbons (Fsp3) is 0.409. The van der Waals surface area contributed by atoms with Gasteiger partial charge in [-0.2, -0.15) is 0 Å². The van der Waals surface area contributed by atoms with Gasteiger partial charge in [0.15, 0.2) is 0 Å². The number of nitrogens with one attached hydrogen (secondary N) is 1. The van der Waals surface area contributed by atoms with Gasteiger partial charge in [-0.15, -0.1) is 0 Å². The van der Waals surface area contributed by atoms with E-state index in [9.17, 15) is 4.79 Å². The molecule has 1 N–H and O–H groups in total. The number of rotatable bonds is 8. The number of amides is 1. The molecule has 1 unspecified atom stereocenters. The molecule has 0 aliphatic rings. The summed E-state index contributed by atoms with van der Waals surface area (Å²) in [5.74, 6) is 1.87. The molecule has 0 bridgehead atoms. The van der Waals surface area contributed by atoms with E-state index in [0.717, 1.165) is 23.3 Å². The molecule has 0 aliphatic heterocycles. The molecule has 1 atom stereocenters. The lowest BCUT2D eigenvalue weighted by Crippen LogP contribution is -2.31. The van der Waals surface area contributed by atoms with Crippen molar-refractivity contribution in [3.8, 4) is 11.5 Å². The zero-order valence-electron chi connectivity index (χ0n) is 16.3. The molecule has 26 heavy (non-hydrogen) atoms. The topological polar surface area (TPSA) is 47.6 Å². The smallest absolute Gasteiger partial charge is 0.251 e. The number of para-hydroxylation sites is 1. The maximum Gasteiger partial charge on any atom is 0.251 e. The standard InChI is InChI=1S/C22H29NO3/c1-6-16(4)23-22(24)17-11-12-20(25-5)18(13-17)14-26-21-10-8-7-9-19(21)15(2)3/h7-13,15-16H,6,14H2,1-5H3,(H,23,24). The maximum atomic E-state index is 12.4. The van der Waals surface area contributed by atoms with Crippen molar-refractivity contribution in [3.63, 3.8) is 0 Å². The Labute approximate surface area is 156 Å². The third-order valence-corrected chi connectivity index (χ3v) is 4.46. The predicted molar refractivity (Wildman–Crippen MR) is 105 cm³/mol. The minimum atomic E-state index is -0.0779. The van der Waals surface area contributed by atoms with Crippen LogP contribution in [0.15, 0.2) is 42.5 Å². The van der Waals surface area contributed by atoms with Crippen molar-refractivity contribution >= 4 is 5.91 Å². The van der Waals surface area contributed by atoms with Crippen LogP contribution in [-0.2, 0) is 6.61 Å². The van der Waals surface area contributed by atoms with Crippen LogP contribution < -0.4 is 14.8 Å². The zero-order chi connectivity index (χ0) is 19.1. The first-order valence-electron chi connectivity index (χ1n) is 9.15. The van der Waals surface area contributed by atoms with Gasteiger partial charge in [0.1, 0.15) is 18.1 Å². The fourth-order valence-electron chi connectivity index (χ4n) is 2.69. The average molecular weight is 355 g/mol. The molecular formula is C22H29NO3. The molecule has 0 fully saturated rings. The molecule has 2 aromatic carbocycles. The Morgan fingerprint density at radius 1 is 1.08 bits per heavy atom. The summed E-state index contributed by atoms with van der Waals surface area (Å²) in [5, 5.41) is 2.99. The van der Waals surface area contributed by atoms with Crippen molar-refractivity contribution in [2.75, 3.05) is 7.11 Å². The Bertz CT molecular complexity index is 740. The van der Waals surface area contributed by atoms with Crippen LogP contribution in [0.2, 0.25) is 0 Å². The molecule has 1 amide bonds. The Kier molecular flexibility index (Phi) is 7.07. The third kappa shape index (κ3) is 5.01. The average Bonchev–Trinajstić information content (AvgIpc) is 2.65. The number of ether oxygens (including phenoxy) is 2. The van der Waals surface area contributed by atoms with Gasteiger partial charge in [-0.25, -0.2) is 0 Å². The summed E-state index contributed by atoms with van der Waals surface area (Å²) in [6.07, 6.45) is 0.893. The number of benzene rings is 2. The van der Waals surface area contributed by atoms with E-state index in [4.69, 9.17) is 9.47 Å². The van der Waals surface area contributed by atoms with E-state index in [2.05, 4.69) is 25.2 Å². The first kappa shape index (κ1) is 19.8. The van der Waals surface area contributed by atoms with E-state index in [-0.39, 0.29) is 11.9 Å². The highest BCUT2D eigenvalue weighted by molar-refractivity contribution is 5.94. The highest BCUT2D eigenvalue weighted by atomic mass is 16.5. The third-order valence-electron chi connectivity index (χ3n) is 4.46. The number of carbonyl (C=O) groups is 1. The molecule has 2 aromatic rings. The minimum absolute atomic E-state index is 0.0779. The van der Waals surface area contributed by atoms with Crippen LogP contribution in [0, 0.1) is 0 Å². The monoisotopic (exact) mass is 355 g/mol. The van der Waals surface area contributed by atoms with Crippen LogP contribution in [0.4, 0.5) is 0 Å². The van der Waals surface area contributed by atoms with Crippen molar-refractivity contribution in [2.24, 2.45) is 0 Å². The van der Waals surface area contributed by atoms with Gasteiger partial charge >= 0.3 is 0 Å². The summed E-state index contributed by atoms with van der Waals surface area (Å²) in [6.45, 7) is 8.67. The molecule has 2 rings (SSSR count). The van der Waals surface area contributed by atoms with E-state index in [0.29, 0.717) is 23.8 Å². The molecule has 0 aromatic heterocycles. The molecule has 0 spiro atoms. The fourth-order valence-corrected chi connectivity index (χ4v) is 2.69. The van der Waals surface area contributed by atoms with Crippen LogP contribution in [-0.4, -0.2) is 19.1 Å². The normalized spacial score (nSPS) is 11.9. The van der Waals surface area contributed by atoms with Crippen molar-refractivity contribution in [2.45, 2.75) is 52.7 Å². The second-order valence-electron chi connectivity index (χ2n) is 6.79. The maximum absolute atomic E-state index is 12.4. The van der Waals surface area contributed by atoms with Crippen LogP contribution in [0.5, 0.6) is 11.5 Å². The van der Waals surface area contributed by atoms with Gasteiger partial charge in [-0.05, 0) is 49.1 Å². The zero-order valence-corrected chi connectivity index (χ0v) is 16.3. The van der Waals surface area contributed by atoms with Gasteiger partial charge in [0, 0.05) is 17.2 Å². The molecule has 0 radical (unpaired) electrons. The van der Waals surface area contributed by atoms with Gasteiger partial charge in [-0.1, -0.05) is 39.0 Å². The summed E-state index contributed by atoms with van der Waals surface area (Å²) >= 11 is 0. The van der Waals surface area contributed by atoms with Gasteiger partial charge in [-0.3, -0.25) is 4.79 Å². The Morgan fingerprint density at radius 3 is 2.46 bits per heavy atom. The summed E-state index contributed by atoms with van der Waals surface area (Å²) in [4.78, 5) is 12.4. The first-order chi connectivity index (χ1) is 12.5. The first-order valence-corrected chi connectivity index (χ1v) is 9.15. The van der Waals surface area contributed by atoms with Crippen LogP contribution in [0.3, 0.4) is 0 Å². The number of carbonyl (C=O) groups excluding carboxylic acids is 1. The van der Waals surface area contributed by atoms with Crippen LogP contribution in [0.25, 0.3) is 0 Å². The number of hydrogen-bond donors (Lipinski definition) is 1. The molecule has 0 saturated heterocycles. The van der Waals surface area contributed by atoms with Crippen LogP contribution in [0.1, 0.15) is 61.5 Å². The largest absolute Gasteiger partial charge is 0.496 e. The van der Waals surface area contributed by atoms with Gasteiger partial charge in [0.2, 0.25) is 0 Å². The van der Waals surface area contributed by atoms with E-state index in [1.54, 1.807) is 13.2 Å². The minimum Gasteiger partial charge on any atom is -0.496 e. The number of hydrogen-bond acceptors (Lipinski definition) is 3. The second kappa shape index (κ2) is 9.27. The lowest BCUT2D eigenvalue weighted by atomic mass is 10.0. The SMILES string of the molecule is CCC(C)NC(=O)c1ccc(OC)c(COc2ccccc2C(C)C)c1. The van der Waals surface area contributed by atoms with Crippen LogP contribution >= 0.6 is 0 Å². The molecule has 0 aliphatic carbocycles. The molecule has 140 valence electrons. The summed E-state index contributed by atoms with van der Waals surface area (Å²) < 4.78 is 11.5. The quantitative estimate of drug-likeness (QED) is 0.731. The van der Waals surface area contributed by atoms with Crippen molar-refractivity contribution in [1.82, 2.24) is 5.32 Å². The molecule has 0 heterocycles. The number of methoxy groups -OCH3 is 1. The lowest BCUT2D eigenvalue weighted by molar-refractivity contribution is 0.0939. The van der Waals surface area contributed by atoms with Crippen molar-refractivity contribution < 1.29 is 14.3 Å². The Hall–Kier alpha value is -2.49. The van der Waals surface area contributed by atoms with Gasteiger partial charge in [0.25, 0.3) is 5.91 Å². The van der Waals surface area contributed by atoms with E-state index >= 15 is 0 Å². The van der Waals surface area contributed by atoms with E-state index in [1.165, 1.54) is 0 Å². The van der Waals surface area contributed by atoms with Gasteiger partial charge in [0.05, 0.1) is 7.11 Å². The predicted octanol–water partition coefficient (Wildman–Crippen LogP) is 4.93. The highest BCUT2D eigenvalue weighted by Gasteiger charge is 2.13. The summed E-state index contributed by atoms with van der Waals surface area (Å²) in [7, 11) is 1.62.